The molecule has 0 radical (unpaired) electrons. The molecule has 1 heterocycles. The van der Waals surface area contributed by atoms with Gasteiger partial charge in [0.15, 0.2) is 0 Å². The molecule has 4 unspecified atom stereocenters. The van der Waals surface area contributed by atoms with Gasteiger partial charge in [0, 0.05) is 18.6 Å². The Morgan fingerprint density at radius 2 is 2.24 bits per heavy atom. The van der Waals surface area contributed by atoms with Crippen LogP contribution in [0.15, 0.2) is 0 Å². The highest BCUT2D eigenvalue weighted by Crippen LogP contribution is 2.43. The van der Waals surface area contributed by atoms with E-state index in [0.29, 0.717) is 6.04 Å². The van der Waals surface area contributed by atoms with E-state index in [2.05, 4.69) is 23.2 Å². The number of piperidine rings is 1. The zero-order chi connectivity index (χ0) is 11.9. The second-order valence-electron chi connectivity index (χ2n) is 6.15. The Morgan fingerprint density at radius 3 is 2.82 bits per heavy atom. The highest BCUT2D eigenvalue weighted by atomic mass is 15.2. The molecular formula is C14H23N3. The lowest BCUT2D eigenvalue weighted by molar-refractivity contribution is 0.147. The molecule has 0 amide bonds. The van der Waals surface area contributed by atoms with Gasteiger partial charge >= 0.3 is 0 Å². The van der Waals surface area contributed by atoms with Crippen molar-refractivity contribution >= 4 is 0 Å². The predicted molar refractivity (Wildman–Crippen MR) is 67.5 cm³/mol. The van der Waals surface area contributed by atoms with Gasteiger partial charge in [0.2, 0.25) is 0 Å². The summed E-state index contributed by atoms with van der Waals surface area (Å²) in [4.78, 5) is 2.73. The van der Waals surface area contributed by atoms with Gasteiger partial charge in [0.25, 0.3) is 0 Å². The maximum absolute atomic E-state index is 9.41. The van der Waals surface area contributed by atoms with Crippen molar-refractivity contribution in [1.82, 2.24) is 10.2 Å². The lowest BCUT2D eigenvalue weighted by Gasteiger charge is -2.33. The molecule has 0 spiro atoms. The van der Waals surface area contributed by atoms with E-state index in [9.17, 15) is 5.26 Å². The van der Waals surface area contributed by atoms with Crippen molar-refractivity contribution in [3.63, 3.8) is 0 Å². The molecule has 2 aliphatic carbocycles. The molecule has 4 atom stereocenters. The van der Waals surface area contributed by atoms with Crippen LogP contribution in [0.3, 0.4) is 0 Å². The van der Waals surface area contributed by atoms with Crippen LogP contribution in [0.4, 0.5) is 0 Å². The van der Waals surface area contributed by atoms with Gasteiger partial charge in [-0.3, -0.25) is 10.2 Å². The van der Waals surface area contributed by atoms with E-state index < -0.39 is 0 Å². The molecule has 17 heavy (non-hydrogen) atoms. The third kappa shape index (κ3) is 1.88. The van der Waals surface area contributed by atoms with Crippen LogP contribution in [0.2, 0.25) is 0 Å². The molecule has 2 saturated carbocycles. The minimum absolute atomic E-state index is 0.221. The number of fused-ring (bicyclic) bond motifs is 2. The van der Waals surface area contributed by atoms with Gasteiger partial charge in [-0.05, 0) is 51.0 Å². The zero-order valence-electron chi connectivity index (χ0n) is 10.8. The smallest absolute Gasteiger partial charge is 0.108 e. The van der Waals surface area contributed by atoms with Gasteiger partial charge in [0.05, 0.1) is 6.07 Å². The molecule has 1 N–H and O–H groups in total. The Kier molecular flexibility index (Phi) is 2.88. The van der Waals surface area contributed by atoms with Gasteiger partial charge in [-0.2, -0.15) is 5.26 Å². The monoisotopic (exact) mass is 233 g/mol. The summed E-state index contributed by atoms with van der Waals surface area (Å²) < 4.78 is 0. The van der Waals surface area contributed by atoms with E-state index in [0.717, 1.165) is 31.3 Å². The highest BCUT2D eigenvalue weighted by molar-refractivity contribution is 5.14. The largest absolute Gasteiger partial charge is 0.300 e. The van der Waals surface area contributed by atoms with E-state index in [1.165, 1.54) is 32.2 Å². The minimum Gasteiger partial charge on any atom is -0.300 e. The number of nitrogens with one attached hydrogen (secondary N) is 1. The fourth-order valence-corrected chi connectivity index (χ4v) is 4.35. The lowest BCUT2D eigenvalue weighted by Crippen LogP contribution is -2.45. The standard InChI is InChI=1S/C14H23N3/c1-2-16-14(10-15)6-5-13(8-14)17-9-11-3-4-12(17)7-11/h11-13,16H,2-9H2,1H3. The van der Waals surface area contributed by atoms with Gasteiger partial charge < -0.3 is 0 Å². The molecule has 0 aromatic rings. The van der Waals surface area contributed by atoms with Crippen molar-refractivity contribution in [3.05, 3.63) is 0 Å². The number of rotatable bonds is 3. The van der Waals surface area contributed by atoms with Crippen molar-refractivity contribution < 1.29 is 0 Å². The predicted octanol–water partition coefficient (Wildman–Crippen LogP) is 1.90. The Morgan fingerprint density at radius 1 is 1.35 bits per heavy atom. The maximum Gasteiger partial charge on any atom is 0.108 e. The summed E-state index contributed by atoms with van der Waals surface area (Å²) in [5.74, 6) is 0.969. The molecule has 1 aliphatic heterocycles. The van der Waals surface area contributed by atoms with Gasteiger partial charge in [-0.25, -0.2) is 0 Å². The summed E-state index contributed by atoms with van der Waals surface area (Å²) in [5, 5.41) is 12.8. The third-order valence-electron chi connectivity index (χ3n) is 5.14. The van der Waals surface area contributed by atoms with Crippen LogP contribution >= 0.6 is 0 Å². The van der Waals surface area contributed by atoms with Crippen LogP contribution in [0, 0.1) is 17.2 Å². The third-order valence-corrected chi connectivity index (χ3v) is 5.14. The number of nitriles is 1. The molecule has 1 saturated heterocycles. The highest BCUT2D eigenvalue weighted by Gasteiger charge is 2.47. The van der Waals surface area contributed by atoms with Gasteiger partial charge in [-0.15, -0.1) is 0 Å². The Labute approximate surface area is 104 Å². The molecular weight excluding hydrogens is 210 g/mol. The summed E-state index contributed by atoms with van der Waals surface area (Å²) in [5.41, 5.74) is -0.221. The van der Waals surface area contributed by atoms with Crippen molar-refractivity contribution in [2.45, 2.75) is 63.1 Å². The fourth-order valence-electron chi connectivity index (χ4n) is 4.35. The van der Waals surface area contributed by atoms with Crippen LogP contribution in [0.25, 0.3) is 0 Å². The fraction of sp³-hybridized carbons (Fsp3) is 0.929. The van der Waals surface area contributed by atoms with E-state index in [-0.39, 0.29) is 5.54 Å². The Bertz CT molecular complexity index is 335. The maximum atomic E-state index is 9.41. The molecule has 3 heteroatoms. The topological polar surface area (TPSA) is 39.1 Å². The molecule has 94 valence electrons. The first-order valence-electron chi connectivity index (χ1n) is 7.18. The van der Waals surface area contributed by atoms with E-state index in [4.69, 9.17) is 0 Å². The van der Waals surface area contributed by atoms with Crippen LogP contribution in [0.1, 0.15) is 45.4 Å². The number of hydrogen-bond acceptors (Lipinski definition) is 3. The average molecular weight is 233 g/mol. The van der Waals surface area contributed by atoms with Crippen molar-refractivity contribution in [2.24, 2.45) is 5.92 Å². The zero-order valence-corrected chi connectivity index (χ0v) is 10.8. The first-order chi connectivity index (χ1) is 8.26. The first-order valence-corrected chi connectivity index (χ1v) is 7.18. The average Bonchev–Trinajstić information content (AvgIpc) is 3.03. The van der Waals surface area contributed by atoms with E-state index in [1.54, 1.807) is 0 Å². The van der Waals surface area contributed by atoms with Crippen LogP contribution in [0.5, 0.6) is 0 Å². The van der Waals surface area contributed by atoms with Crippen molar-refractivity contribution in [2.75, 3.05) is 13.1 Å². The van der Waals surface area contributed by atoms with E-state index in [1.807, 2.05) is 0 Å². The normalized spacial score (nSPS) is 45.3. The SMILES string of the molecule is CCNC1(C#N)CCC(N2CC3CCC2C3)C1. The van der Waals surface area contributed by atoms with Crippen LogP contribution in [-0.4, -0.2) is 35.6 Å². The van der Waals surface area contributed by atoms with Gasteiger partial charge in [0.1, 0.15) is 5.54 Å². The second-order valence-corrected chi connectivity index (χ2v) is 6.15. The quantitative estimate of drug-likeness (QED) is 0.809. The molecule has 3 aliphatic rings. The molecule has 2 bridgehead atoms. The molecule has 0 aromatic heterocycles. The van der Waals surface area contributed by atoms with Crippen LogP contribution < -0.4 is 5.32 Å². The summed E-state index contributed by atoms with van der Waals surface area (Å²) in [6.45, 7) is 4.32. The van der Waals surface area contributed by atoms with Gasteiger partial charge in [-0.1, -0.05) is 6.92 Å². The Hall–Kier alpha value is -0.590. The summed E-state index contributed by atoms with van der Waals surface area (Å²) in [7, 11) is 0. The summed E-state index contributed by atoms with van der Waals surface area (Å²) in [6.07, 6.45) is 7.57. The van der Waals surface area contributed by atoms with Crippen molar-refractivity contribution in [3.8, 4) is 6.07 Å². The molecule has 3 fully saturated rings. The summed E-state index contributed by atoms with van der Waals surface area (Å²) in [6, 6.07) is 4.06. The number of hydrogen-bond donors (Lipinski definition) is 1. The number of likely N-dealkylation sites (tertiary alicyclic amines) is 1. The van der Waals surface area contributed by atoms with E-state index >= 15 is 0 Å². The molecule has 0 aromatic carbocycles. The lowest BCUT2D eigenvalue weighted by atomic mass is 9.99. The number of nitrogens with zero attached hydrogens (tertiary/aromatic N) is 2. The minimum atomic E-state index is -0.221. The first kappa shape index (κ1) is 11.5. The van der Waals surface area contributed by atoms with Crippen LogP contribution in [-0.2, 0) is 0 Å². The van der Waals surface area contributed by atoms with Crippen molar-refractivity contribution in [1.29, 1.82) is 5.26 Å². The Balaban J connectivity index is 1.66. The summed E-state index contributed by atoms with van der Waals surface area (Å²) >= 11 is 0. The molecule has 3 rings (SSSR count). The second kappa shape index (κ2) is 4.26. The molecule has 3 nitrogen and oxygen atoms in total.